The molecule has 0 atom stereocenters. The van der Waals surface area contributed by atoms with Gasteiger partial charge in [0.2, 0.25) is 0 Å². The van der Waals surface area contributed by atoms with Crippen molar-refractivity contribution in [1.29, 1.82) is 0 Å². The zero-order chi connectivity index (χ0) is 20.1. The van der Waals surface area contributed by atoms with E-state index in [1.165, 1.54) is 18.6 Å². The summed E-state index contributed by atoms with van der Waals surface area (Å²) in [6.07, 6.45) is 3.44. The monoisotopic (exact) mass is 364 g/mol. The molecule has 0 spiro atoms. The van der Waals surface area contributed by atoms with Gasteiger partial charge in [0.05, 0.1) is 0 Å². The Balaban J connectivity index is 0.000000377. The third-order valence-corrected chi connectivity index (χ3v) is 3.53. The van der Waals surface area contributed by atoms with Crippen LogP contribution in [0.15, 0.2) is 91.0 Å². The van der Waals surface area contributed by atoms with Gasteiger partial charge in [-0.1, -0.05) is 86.0 Å². The van der Waals surface area contributed by atoms with Gasteiger partial charge in [0.25, 0.3) is 0 Å². The van der Waals surface area contributed by atoms with Crippen LogP contribution in [-0.4, -0.2) is 17.0 Å². The van der Waals surface area contributed by atoms with Crippen LogP contribution < -0.4 is 0 Å². The maximum atomic E-state index is 11.6. The molecule has 0 heterocycles. The lowest BCUT2D eigenvalue weighted by Crippen LogP contribution is -2.07. The maximum absolute atomic E-state index is 11.6. The highest BCUT2D eigenvalue weighted by molar-refractivity contribution is 5.89. The second-order valence-corrected chi connectivity index (χ2v) is 5.68. The van der Waals surface area contributed by atoms with Gasteiger partial charge in [-0.25, -0.2) is 9.59 Å². The van der Waals surface area contributed by atoms with Gasteiger partial charge in [-0.3, -0.25) is 0 Å². The number of hydrogen-bond acceptors (Lipinski definition) is 3. The lowest BCUT2D eigenvalue weighted by molar-refractivity contribution is -0.140. The predicted molar refractivity (Wildman–Crippen MR) is 108 cm³/mol. The van der Waals surface area contributed by atoms with Crippen molar-refractivity contribution >= 4 is 18.0 Å². The first-order chi connectivity index (χ1) is 12.9. The number of allylic oxidation sites excluding steroid dienone is 1. The van der Waals surface area contributed by atoms with Gasteiger partial charge in [0.1, 0.15) is 6.61 Å². The first-order valence-electron chi connectivity index (χ1n) is 8.40. The molecule has 2 aromatic carbocycles. The van der Waals surface area contributed by atoms with Gasteiger partial charge < -0.3 is 9.84 Å². The Kier molecular flexibility index (Phi) is 9.65. The molecule has 0 aromatic heterocycles. The topological polar surface area (TPSA) is 63.6 Å². The Bertz CT molecular complexity index is 790. The first-order valence-corrected chi connectivity index (χ1v) is 8.40. The Hall–Kier alpha value is -3.40. The fraction of sp³-hybridized carbons (Fsp3) is 0.130. The van der Waals surface area contributed by atoms with Crippen LogP contribution in [0.2, 0.25) is 0 Å². The molecular weight excluding hydrogens is 340 g/mol. The normalized spacial score (nSPS) is 10.2. The summed E-state index contributed by atoms with van der Waals surface area (Å²) in [5.41, 5.74) is 2.47. The van der Waals surface area contributed by atoms with Crippen LogP contribution in [0.25, 0.3) is 6.08 Å². The first kappa shape index (κ1) is 21.6. The van der Waals surface area contributed by atoms with Crippen LogP contribution in [0, 0.1) is 0 Å². The van der Waals surface area contributed by atoms with Gasteiger partial charge in [-0.15, -0.1) is 0 Å². The van der Waals surface area contributed by atoms with Crippen LogP contribution >= 0.6 is 0 Å². The second kappa shape index (κ2) is 12.0. The summed E-state index contributed by atoms with van der Waals surface area (Å²) >= 11 is 0. The van der Waals surface area contributed by atoms with E-state index in [0.717, 1.165) is 5.56 Å². The Morgan fingerprint density at radius 1 is 1.04 bits per heavy atom. The molecule has 0 bridgehead atoms. The van der Waals surface area contributed by atoms with E-state index in [4.69, 9.17) is 9.84 Å². The van der Waals surface area contributed by atoms with Gasteiger partial charge in [0.15, 0.2) is 0 Å². The molecule has 140 valence electrons. The molecule has 4 nitrogen and oxygen atoms in total. The molecule has 4 heteroatoms. The summed E-state index contributed by atoms with van der Waals surface area (Å²) in [5, 5.41) is 8.67. The van der Waals surface area contributed by atoms with E-state index < -0.39 is 11.9 Å². The van der Waals surface area contributed by atoms with Crippen molar-refractivity contribution in [2.45, 2.75) is 20.0 Å². The summed E-state index contributed by atoms with van der Waals surface area (Å²) in [7, 11) is 0. The average Bonchev–Trinajstić information content (AvgIpc) is 2.71. The molecule has 0 aliphatic heterocycles. The lowest BCUT2D eigenvalue weighted by atomic mass is 10.1. The third-order valence-electron chi connectivity index (χ3n) is 3.53. The molecule has 2 rings (SSSR count). The van der Waals surface area contributed by atoms with Crippen LogP contribution in [-0.2, 0) is 20.9 Å². The van der Waals surface area contributed by atoms with Gasteiger partial charge in [-0.2, -0.15) is 0 Å². The number of ether oxygens (including phenoxy) is 1. The summed E-state index contributed by atoms with van der Waals surface area (Å²) < 4.78 is 5.07. The van der Waals surface area contributed by atoms with Crippen LogP contribution in [0.4, 0.5) is 0 Å². The Morgan fingerprint density at radius 3 is 2.07 bits per heavy atom. The molecular formula is C23H24O4. The molecule has 0 radical (unpaired) electrons. The molecule has 2 aromatic rings. The fourth-order valence-electron chi connectivity index (χ4n) is 1.86. The number of carbonyl (C=O) groups excluding carboxylic acids is 1. The van der Waals surface area contributed by atoms with E-state index in [9.17, 15) is 9.59 Å². The minimum Gasteiger partial charge on any atom is -0.478 e. The fourth-order valence-corrected chi connectivity index (χ4v) is 1.86. The summed E-state index contributed by atoms with van der Waals surface area (Å²) in [6, 6.07) is 19.3. The van der Waals surface area contributed by atoms with Crippen molar-refractivity contribution in [2.75, 3.05) is 0 Å². The van der Waals surface area contributed by atoms with E-state index >= 15 is 0 Å². The number of aliphatic carboxylic acids is 1. The highest BCUT2D eigenvalue weighted by Gasteiger charge is 2.08. The molecule has 0 amide bonds. The highest BCUT2D eigenvalue weighted by atomic mass is 16.5. The molecule has 0 saturated heterocycles. The molecule has 0 aliphatic rings. The van der Waals surface area contributed by atoms with Crippen LogP contribution in [0.3, 0.4) is 0 Å². The van der Waals surface area contributed by atoms with Crippen LogP contribution in [0.5, 0.6) is 0 Å². The zero-order valence-electron chi connectivity index (χ0n) is 15.4. The summed E-state index contributed by atoms with van der Waals surface area (Å²) in [6.45, 7) is 8.86. The average molecular weight is 364 g/mol. The summed E-state index contributed by atoms with van der Waals surface area (Å²) in [4.78, 5) is 22.2. The SMILES string of the molecule is C=C(CC=C(C)C(=O)O)C(=O)OCc1ccccc1.C=Cc1ccccc1. The quantitative estimate of drug-likeness (QED) is 0.552. The van der Waals surface area contributed by atoms with Crippen molar-refractivity contribution in [3.63, 3.8) is 0 Å². The molecule has 0 unspecified atom stereocenters. The van der Waals surface area contributed by atoms with Crippen molar-refractivity contribution in [3.05, 3.63) is 102 Å². The number of rotatable bonds is 7. The Morgan fingerprint density at radius 2 is 1.59 bits per heavy atom. The smallest absolute Gasteiger partial charge is 0.334 e. The van der Waals surface area contributed by atoms with Crippen molar-refractivity contribution in [3.8, 4) is 0 Å². The standard InChI is InChI=1S/C15H16O4.C8H8/c1-11(14(16)17)8-9-12(2)15(18)19-10-13-6-4-3-5-7-13;1-2-8-6-4-3-5-7-8/h3-8H,2,9-10H2,1H3,(H,16,17);2-7H,1H2. The number of carbonyl (C=O) groups is 2. The van der Waals surface area contributed by atoms with Gasteiger partial charge in [0, 0.05) is 11.1 Å². The third kappa shape index (κ3) is 9.02. The Labute approximate surface area is 160 Å². The van der Waals surface area contributed by atoms with E-state index in [1.807, 2.05) is 66.7 Å². The van der Waals surface area contributed by atoms with Crippen molar-refractivity contribution in [1.82, 2.24) is 0 Å². The molecule has 1 N–H and O–H groups in total. The number of benzene rings is 2. The number of hydrogen-bond donors (Lipinski definition) is 1. The zero-order valence-corrected chi connectivity index (χ0v) is 15.4. The van der Waals surface area contributed by atoms with E-state index in [2.05, 4.69) is 13.2 Å². The second-order valence-electron chi connectivity index (χ2n) is 5.68. The van der Waals surface area contributed by atoms with Crippen molar-refractivity contribution in [2.24, 2.45) is 0 Å². The van der Waals surface area contributed by atoms with Crippen LogP contribution in [0.1, 0.15) is 24.5 Å². The van der Waals surface area contributed by atoms with Gasteiger partial charge >= 0.3 is 11.9 Å². The highest BCUT2D eigenvalue weighted by Crippen LogP contribution is 2.08. The number of esters is 1. The van der Waals surface area contributed by atoms with Crippen molar-refractivity contribution < 1.29 is 19.4 Å². The van der Waals surface area contributed by atoms with E-state index in [0.29, 0.717) is 0 Å². The lowest BCUT2D eigenvalue weighted by Gasteiger charge is -2.05. The number of carboxylic acids is 1. The van der Waals surface area contributed by atoms with E-state index in [-0.39, 0.29) is 24.2 Å². The minimum atomic E-state index is -1.01. The van der Waals surface area contributed by atoms with E-state index in [1.54, 1.807) is 0 Å². The largest absolute Gasteiger partial charge is 0.478 e. The maximum Gasteiger partial charge on any atom is 0.334 e. The van der Waals surface area contributed by atoms with Gasteiger partial charge in [-0.05, 0) is 24.5 Å². The molecule has 0 aliphatic carbocycles. The molecule has 0 saturated carbocycles. The molecule has 0 fully saturated rings. The molecule has 27 heavy (non-hydrogen) atoms. The predicted octanol–water partition coefficient (Wildman–Crippen LogP) is 5.04. The minimum absolute atomic E-state index is 0.172. The summed E-state index contributed by atoms with van der Waals surface area (Å²) in [5.74, 6) is -1.52. The number of carboxylic acid groups (broad SMARTS) is 1.